The minimum Gasteiger partial charge on any atom is -0.317 e. The summed E-state index contributed by atoms with van der Waals surface area (Å²) in [4.78, 5) is 0. The van der Waals surface area contributed by atoms with E-state index in [-0.39, 0.29) is 0 Å². The average molecular weight is 183 g/mol. The number of nitrogens with zero attached hydrogens (tertiary/aromatic N) is 4. The Bertz CT molecular complexity index is 244. The van der Waals surface area contributed by atoms with E-state index in [9.17, 15) is 0 Å². The predicted molar refractivity (Wildman–Crippen MR) is 50.3 cm³/mol. The van der Waals surface area contributed by atoms with Gasteiger partial charge in [-0.1, -0.05) is 13.3 Å². The van der Waals surface area contributed by atoms with Crippen molar-refractivity contribution in [3.63, 3.8) is 0 Å². The normalized spacial score (nSPS) is 13.2. The monoisotopic (exact) mass is 183 g/mol. The maximum Gasteiger partial charge on any atom is 0.152 e. The number of hydrogen-bond donors (Lipinski definition) is 1. The fourth-order valence-electron chi connectivity index (χ4n) is 1.34. The van der Waals surface area contributed by atoms with Gasteiger partial charge < -0.3 is 5.32 Å². The Morgan fingerprint density at radius 1 is 1.54 bits per heavy atom. The Hall–Kier alpha value is -0.970. The number of rotatable bonds is 5. The Kier molecular flexibility index (Phi) is 3.82. The minimum absolute atomic E-state index is 0.481. The van der Waals surface area contributed by atoms with Crippen molar-refractivity contribution in [2.24, 2.45) is 7.05 Å². The summed E-state index contributed by atoms with van der Waals surface area (Å²) in [7, 11) is 3.85. The average Bonchev–Trinajstić information content (AvgIpc) is 2.51. The fourth-order valence-corrected chi connectivity index (χ4v) is 1.34. The van der Waals surface area contributed by atoms with Crippen molar-refractivity contribution in [1.29, 1.82) is 0 Å². The summed E-state index contributed by atoms with van der Waals surface area (Å²) in [6.07, 6.45) is 3.23. The summed E-state index contributed by atoms with van der Waals surface area (Å²) < 4.78 is 1.72. The molecule has 0 aromatic carbocycles. The molecule has 0 aliphatic carbocycles. The lowest BCUT2D eigenvalue weighted by molar-refractivity contribution is 0.492. The molecule has 1 unspecified atom stereocenters. The van der Waals surface area contributed by atoms with Gasteiger partial charge in [0.2, 0.25) is 0 Å². The van der Waals surface area contributed by atoms with Crippen LogP contribution in [-0.2, 0) is 13.5 Å². The number of aromatic nitrogens is 4. The molecule has 0 saturated carbocycles. The molecule has 13 heavy (non-hydrogen) atoms. The van der Waals surface area contributed by atoms with E-state index in [2.05, 4.69) is 27.8 Å². The highest BCUT2D eigenvalue weighted by Gasteiger charge is 2.10. The van der Waals surface area contributed by atoms with Crippen molar-refractivity contribution in [3.05, 3.63) is 5.82 Å². The van der Waals surface area contributed by atoms with Crippen LogP contribution in [0.1, 0.15) is 25.6 Å². The van der Waals surface area contributed by atoms with Gasteiger partial charge in [-0.25, -0.2) is 4.68 Å². The summed E-state index contributed by atoms with van der Waals surface area (Å²) >= 11 is 0. The summed E-state index contributed by atoms with van der Waals surface area (Å²) in [6.45, 7) is 2.18. The van der Waals surface area contributed by atoms with E-state index in [4.69, 9.17) is 0 Å². The van der Waals surface area contributed by atoms with Gasteiger partial charge >= 0.3 is 0 Å². The number of aryl methyl sites for hydroxylation is 1. The highest BCUT2D eigenvalue weighted by molar-refractivity contribution is 4.85. The van der Waals surface area contributed by atoms with Crippen LogP contribution in [0.5, 0.6) is 0 Å². The van der Waals surface area contributed by atoms with Gasteiger partial charge in [0.15, 0.2) is 5.82 Å². The third-order valence-electron chi connectivity index (χ3n) is 2.18. The summed E-state index contributed by atoms with van der Waals surface area (Å²) in [5, 5.41) is 14.6. The molecule has 0 saturated heterocycles. The lowest BCUT2D eigenvalue weighted by atomic mass is 10.1. The largest absolute Gasteiger partial charge is 0.317 e. The zero-order chi connectivity index (χ0) is 9.68. The van der Waals surface area contributed by atoms with Gasteiger partial charge in [0.25, 0.3) is 0 Å². The smallest absolute Gasteiger partial charge is 0.152 e. The molecule has 0 aliphatic rings. The third kappa shape index (κ3) is 2.77. The molecule has 0 radical (unpaired) electrons. The van der Waals surface area contributed by atoms with E-state index in [1.54, 1.807) is 4.68 Å². The van der Waals surface area contributed by atoms with Crippen LogP contribution in [0, 0.1) is 0 Å². The lowest BCUT2D eigenvalue weighted by Gasteiger charge is -2.13. The van der Waals surface area contributed by atoms with E-state index in [0.29, 0.717) is 6.04 Å². The van der Waals surface area contributed by atoms with Crippen molar-refractivity contribution in [3.8, 4) is 0 Å². The molecule has 0 aliphatic heterocycles. The maximum absolute atomic E-state index is 3.95. The number of nitrogens with one attached hydrogen (secondary N) is 1. The highest BCUT2D eigenvalue weighted by atomic mass is 15.5. The first kappa shape index (κ1) is 10.1. The van der Waals surface area contributed by atoms with Crippen LogP contribution >= 0.6 is 0 Å². The van der Waals surface area contributed by atoms with Gasteiger partial charge in [0, 0.05) is 19.5 Å². The Morgan fingerprint density at radius 3 is 2.77 bits per heavy atom. The Morgan fingerprint density at radius 2 is 2.31 bits per heavy atom. The molecule has 1 rings (SSSR count). The number of hydrogen-bond acceptors (Lipinski definition) is 4. The lowest BCUT2D eigenvalue weighted by Crippen LogP contribution is -2.28. The van der Waals surface area contributed by atoms with Crippen molar-refractivity contribution in [1.82, 2.24) is 25.5 Å². The van der Waals surface area contributed by atoms with Crippen LogP contribution in [-0.4, -0.2) is 33.3 Å². The molecule has 5 nitrogen and oxygen atoms in total. The van der Waals surface area contributed by atoms with Gasteiger partial charge in [-0.2, -0.15) is 0 Å². The van der Waals surface area contributed by atoms with Crippen molar-refractivity contribution in [2.45, 2.75) is 32.2 Å². The Labute approximate surface area is 78.5 Å². The first-order valence-corrected chi connectivity index (χ1v) is 4.66. The molecule has 1 N–H and O–H groups in total. The topological polar surface area (TPSA) is 55.6 Å². The fraction of sp³-hybridized carbons (Fsp3) is 0.875. The van der Waals surface area contributed by atoms with E-state index in [1.807, 2.05) is 14.1 Å². The molecular weight excluding hydrogens is 166 g/mol. The summed E-state index contributed by atoms with van der Waals surface area (Å²) in [6, 6.07) is 0.481. The maximum atomic E-state index is 3.95. The molecule has 1 aromatic rings. The van der Waals surface area contributed by atoms with E-state index in [0.717, 1.165) is 18.7 Å². The van der Waals surface area contributed by atoms with Crippen LogP contribution in [0.2, 0.25) is 0 Å². The van der Waals surface area contributed by atoms with E-state index >= 15 is 0 Å². The molecule has 0 amide bonds. The third-order valence-corrected chi connectivity index (χ3v) is 2.18. The van der Waals surface area contributed by atoms with Crippen LogP contribution in [0.25, 0.3) is 0 Å². The molecule has 5 heteroatoms. The molecule has 0 spiro atoms. The van der Waals surface area contributed by atoms with Gasteiger partial charge in [0.05, 0.1) is 0 Å². The quantitative estimate of drug-likeness (QED) is 0.705. The van der Waals surface area contributed by atoms with E-state index < -0.39 is 0 Å². The standard InChI is InChI=1S/C8H17N5/c1-4-5-7(9-2)6-8-10-11-12-13(8)3/h7,9H,4-6H2,1-3H3. The molecule has 0 fully saturated rings. The van der Waals surface area contributed by atoms with Gasteiger partial charge in [-0.15, -0.1) is 5.10 Å². The van der Waals surface area contributed by atoms with Crippen molar-refractivity contribution in [2.75, 3.05) is 7.05 Å². The molecule has 1 heterocycles. The van der Waals surface area contributed by atoms with Crippen molar-refractivity contribution >= 4 is 0 Å². The molecule has 1 aromatic heterocycles. The predicted octanol–water partition coefficient (Wildman–Crippen LogP) is 0.141. The van der Waals surface area contributed by atoms with Crippen LogP contribution < -0.4 is 5.32 Å². The molecule has 74 valence electrons. The van der Waals surface area contributed by atoms with Gasteiger partial charge in [-0.05, 0) is 23.9 Å². The van der Waals surface area contributed by atoms with E-state index in [1.165, 1.54) is 6.42 Å². The van der Waals surface area contributed by atoms with Gasteiger partial charge in [0.1, 0.15) is 0 Å². The molecule has 1 atom stereocenters. The first-order chi connectivity index (χ1) is 6.27. The van der Waals surface area contributed by atoms with Crippen LogP contribution in [0.4, 0.5) is 0 Å². The SMILES string of the molecule is CCCC(Cc1nnnn1C)NC. The number of likely N-dealkylation sites (N-methyl/N-ethyl adjacent to an activating group) is 1. The first-order valence-electron chi connectivity index (χ1n) is 4.66. The second-order valence-corrected chi connectivity index (χ2v) is 3.20. The minimum atomic E-state index is 0.481. The molecule has 0 bridgehead atoms. The zero-order valence-corrected chi connectivity index (χ0v) is 8.49. The van der Waals surface area contributed by atoms with Gasteiger partial charge in [-0.3, -0.25) is 0 Å². The van der Waals surface area contributed by atoms with Crippen LogP contribution in [0.3, 0.4) is 0 Å². The van der Waals surface area contributed by atoms with Crippen LogP contribution in [0.15, 0.2) is 0 Å². The molecular formula is C8H17N5. The van der Waals surface area contributed by atoms with Crippen molar-refractivity contribution < 1.29 is 0 Å². The second-order valence-electron chi connectivity index (χ2n) is 3.20. The second kappa shape index (κ2) is 4.91. The Balaban J connectivity index is 2.51. The number of tetrazole rings is 1. The summed E-state index contributed by atoms with van der Waals surface area (Å²) in [5.74, 6) is 0.938. The summed E-state index contributed by atoms with van der Waals surface area (Å²) in [5.41, 5.74) is 0. The zero-order valence-electron chi connectivity index (χ0n) is 8.49. The highest BCUT2D eigenvalue weighted by Crippen LogP contribution is 2.02.